The van der Waals surface area contributed by atoms with E-state index < -0.39 is 6.10 Å². The molecule has 1 atom stereocenters. The van der Waals surface area contributed by atoms with E-state index in [1.807, 2.05) is 42.5 Å². The van der Waals surface area contributed by atoms with Crippen molar-refractivity contribution in [3.05, 3.63) is 48.7 Å². The van der Waals surface area contributed by atoms with Crippen LogP contribution in [0.1, 0.15) is 0 Å². The van der Waals surface area contributed by atoms with Crippen molar-refractivity contribution in [2.75, 3.05) is 13.2 Å². The van der Waals surface area contributed by atoms with Crippen LogP contribution in [0, 0.1) is 0 Å². The van der Waals surface area contributed by atoms with E-state index in [-0.39, 0.29) is 13.2 Å². The van der Waals surface area contributed by atoms with Gasteiger partial charge in [0.2, 0.25) is 0 Å². The number of nitrogens with zero attached hydrogens (tertiary/aromatic N) is 1. The van der Waals surface area contributed by atoms with Gasteiger partial charge in [0.05, 0.1) is 12.3 Å². The van der Waals surface area contributed by atoms with E-state index in [1.54, 1.807) is 6.20 Å². The quantitative estimate of drug-likeness (QED) is 0.837. The third-order valence-electron chi connectivity index (χ3n) is 2.47. The SMILES string of the molecule is OCC(O)COc1ccc(-c2ccccn2)cc1. The first kappa shape index (κ1) is 12.5. The molecule has 2 aromatic rings. The van der Waals surface area contributed by atoms with Crippen LogP contribution in [0.15, 0.2) is 48.7 Å². The van der Waals surface area contributed by atoms with Gasteiger partial charge in [0.25, 0.3) is 0 Å². The summed E-state index contributed by atoms with van der Waals surface area (Å²) in [5, 5.41) is 17.8. The van der Waals surface area contributed by atoms with Crippen LogP contribution in [0.3, 0.4) is 0 Å². The van der Waals surface area contributed by atoms with Crippen LogP contribution in [-0.2, 0) is 0 Å². The molecular weight excluding hydrogens is 230 g/mol. The molecule has 18 heavy (non-hydrogen) atoms. The monoisotopic (exact) mass is 245 g/mol. The lowest BCUT2D eigenvalue weighted by molar-refractivity contribution is 0.0536. The lowest BCUT2D eigenvalue weighted by Crippen LogP contribution is -2.21. The molecule has 0 aliphatic rings. The van der Waals surface area contributed by atoms with Crippen LogP contribution in [0.4, 0.5) is 0 Å². The zero-order chi connectivity index (χ0) is 12.8. The van der Waals surface area contributed by atoms with Gasteiger partial charge >= 0.3 is 0 Å². The number of aromatic nitrogens is 1. The Morgan fingerprint density at radius 1 is 1.11 bits per heavy atom. The summed E-state index contributed by atoms with van der Waals surface area (Å²) in [6.45, 7) is -0.217. The standard InChI is InChI=1S/C14H15NO3/c16-9-12(17)10-18-13-6-4-11(5-7-13)14-3-1-2-8-15-14/h1-8,12,16-17H,9-10H2. The highest BCUT2D eigenvalue weighted by Gasteiger charge is 2.03. The van der Waals surface area contributed by atoms with E-state index >= 15 is 0 Å². The predicted molar refractivity (Wildman–Crippen MR) is 68.3 cm³/mol. The maximum Gasteiger partial charge on any atom is 0.119 e. The molecule has 0 aliphatic heterocycles. The number of ether oxygens (including phenoxy) is 1. The molecule has 1 unspecified atom stereocenters. The number of aliphatic hydroxyl groups excluding tert-OH is 2. The Balaban J connectivity index is 2.02. The lowest BCUT2D eigenvalue weighted by Gasteiger charge is -2.10. The van der Waals surface area contributed by atoms with E-state index in [4.69, 9.17) is 14.9 Å². The second kappa shape index (κ2) is 6.14. The fourth-order valence-corrected chi connectivity index (χ4v) is 1.50. The zero-order valence-corrected chi connectivity index (χ0v) is 9.86. The molecule has 4 heteroatoms. The van der Waals surface area contributed by atoms with Crippen molar-refractivity contribution in [1.29, 1.82) is 0 Å². The van der Waals surface area contributed by atoms with Gasteiger partial charge in [0.15, 0.2) is 0 Å². The Hall–Kier alpha value is -1.91. The minimum Gasteiger partial charge on any atom is -0.491 e. The van der Waals surface area contributed by atoms with Gasteiger partial charge in [-0.1, -0.05) is 6.07 Å². The summed E-state index contributed by atoms with van der Waals surface area (Å²) in [7, 11) is 0. The molecule has 0 amide bonds. The number of aliphatic hydroxyl groups is 2. The fourth-order valence-electron chi connectivity index (χ4n) is 1.50. The van der Waals surface area contributed by atoms with Crippen LogP contribution in [0.2, 0.25) is 0 Å². The van der Waals surface area contributed by atoms with E-state index in [0.29, 0.717) is 5.75 Å². The van der Waals surface area contributed by atoms with Crippen LogP contribution in [0.5, 0.6) is 5.75 Å². The Morgan fingerprint density at radius 3 is 2.50 bits per heavy atom. The number of benzene rings is 1. The Labute approximate surface area is 106 Å². The van der Waals surface area contributed by atoms with Crippen LogP contribution >= 0.6 is 0 Å². The number of hydrogen-bond donors (Lipinski definition) is 2. The van der Waals surface area contributed by atoms with Gasteiger partial charge in [0, 0.05) is 11.8 Å². The van der Waals surface area contributed by atoms with Gasteiger partial charge in [-0.2, -0.15) is 0 Å². The summed E-state index contributed by atoms with van der Waals surface area (Å²) in [6, 6.07) is 13.2. The molecule has 0 aliphatic carbocycles. The Kier molecular flexibility index (Phi) is 4.28. The molecule has 94 valence electrons. The van der Waals surface area contributed by atoms with Gasteiger partial charge < -0.3 is 14.9 Å². The Morgan fingerprint density at radius 2 is 1.89 bits per heavy atom. The fraction of sp³-hybridized carbons (Fsp3) is 0.214. The van der Waals surface area contributed by atoms with Gasteiger partial charge in [-0.15, -0.1) is 0 Å². The average Bonchev–Trinajstić information content (AvgIpc) is 2.46. The molecule has 0 radical (unpaired) electrons. The number of pyridine rings is 1. The molecule has 2 rings (SSSR count). The molecular formula is C14H15NO3. The van der Waals surface area contributed by atoms with Crippen LogP contribution < -0.4 is 4.74 Å². The molecule has 0 fully saturated rings. The summed E-state index contributed by atoms with van der Waals surface area (Å²) in [5.41, 5.74) is 1.91. The van der Waals surface area contributed by atoms with Crippen LogP contribution in [0.25, 0.3) is 11.3 Å². The van der Waals surface area contributed by atoms with Gasteiger partial charge in [-0.25, -0.2) is 0 Å². The molecule has 0 bridgehead atoms. The van der Waals surface area contributed by atoms with Crippen molar-refractivity contribution in [2.45, 2.75) is 6.10 Å². The van der Waals surface area contributed by atoms with E-state index in [1.165, 1.54) is 0 Å². The average molecular weight is 245 g/mol. The van der Waals surface area contributed by atoms with Crippen molar-refractivity contribution < 1.29 is 14.9 Å². The van der Waals surface area contributed by atoms with Crippen molar-refractivity contribution in [3.8, 4) is 17.0 Å². The molecule has 2 N–H and O–H groups in total. The van der Waals surface area contributed by atoms with Gasteiger partial charge in [0.1, 0.15) is 18.5 Å². The molecule has 1 aromatic carbocycles. The second-order valence-electron chi connectivity index (χ2n) is 3.89. The van der Waals surface area contributed by atoms with Crippen molar-refractivity contribution in [2.24, 2.45) is 0 Å². The first-order valence-corrected chi connectivity index (χ1v) is 5.73. The highest BCUT2D eigenvalue weighted by atomic mass is 16.5. The van der Waals surface area contributed by atoms with E-state index in [9.17, 15) is 0 Å². The first-order valence-electron chi connectivity index (χ1n) is 5.73. The molecule has 1 aromatic heterocycles. The molecule has 0 spiro atoms. The maximum atomic E-state index is 9.17. The second-order valence-corrected chi connectivity index (χ2v) is 3.89. The summed E-state index contributed by atoms with van der Waals surface area (Å²) >= 11 is 0. The molecule has 4 nitrogen and oxygen atoms in total. The largest absolute Gasteiger partial charge is 0.491 e. The smallest absolute Gasteiger partial charge is 0.119 e. The highest BCUT2D eigenvalue weighted by molar-refractivity contribution is 5.59. The zero-order valence-electron chi connectivity index (χ0n) is 9.86. The summed E-state index contributed by atoms with van der Waals surface area (Å²) in [5.74, 6) is 0.655. The number of rotatable bonds is 5. The van der Waals surface area contributed by atoms with Gasteiger partial charge in [-0.3, -0.25) is 4.98 Å². The van der Waals surface area contributed by atoms with Crippen molar-refractivity contribution in [1.82, 2.24) is 4.98 Å². The first-order chi connectivity index (χ1) is 8.79. The minimum atomic E-state index is -0.847. The summed E-state index contributed by atoms with van der Waals surface area (Å²) in [6.07, 6.45) is 0.901. The third kappa shape index (κ3) is 3.29. The highest BCUT2D eigenvalue weighted by Crippen LogP contribution is 2.20. The molecule has 0 saturated carbocycles. The van der Waals surface area contributed by atoms with E-state index in [0.717, 1.165) is 11.3 Å². The maximum absolute atomic E-state index is 9.17. The predicted octanol–water partition coefficient (Wildman–Crippen LogP) is 1.48. The van der Waals surface area contributed by atoms with Crippen molar-refractivity contribution >= 4 is 0 Å². The topological polar surface area (TPSA) is 62.6 Å². The molecule has 0 saturated heterocycles. The molecule has 1 heterocycles. The van der Waals surface area contributed by atoms with Crippen molar-refractivity contribution in [3.63, 3.8) is 0 Å². The summed E-state index contributed by atoms with van der Waals surface area (Å²) in [4.78, 5) is 4.25. The van der Waals surface area contributed by atoms with Crippen LogP contribution in [-0.4, -0.2) is 34.5 Å². The van der Waals surface area contributed by atoms with E-state index in [2.05, 4.69) is 4.98 Å². The normalized spacial score (nSPS) is 12.1. The third-order valence-corrected chi connectivity index (χ3v) is 2.47. The van der Waals surface area contributed by atoms with Gasteiger partial charge in [-0.05, 0) is 36.4 Å². The minimum absolute atomic E-state index is 0.0828. The Bertz CT molecular complexity index is 470. The number of hydrogen-bond acceptors (Lipinski definition) is 4. The lowest BCUT2D eigenvalue weighted by atomic mass is 10.1. The summed E-state index contributed by atoms with van der Waals surface area (Å²) < 4.78 is 5.32.